The minimum Gasteiger partial charge on any atom is -0.493 e. The van der Waals surface area contributed by atoms with Crippen molar-refractivity contribution in [3.63, 3.8) is 0 Å². The Bertz CT molecular complexity index is 646. The first-order valence-electron chi connectivity index (χ1n) is 7.88. The highest BCUT2D eigenvalue weighted by Gasteiger charge is 2.15. The second-order valence-electron chi connectivity index (χ2n) is 5.96. The Balaban J connectivity index is 1.65. The fraction of sp³-hybridized carbons (Fsp3) is 0.300. The first-order chi connectivity index (χ1) is 10.8. The summed E-state index contributed by atoms with van der Waals surface area (Å²) >= 11 is 0. The van der Waals surface area contributed by atoms with Crippen LogP contribution >= 0.6 is 0 Å². The standard InChI is InChI=1S/C20H23NO/c1-21(2)19(17-8-4-3-5-9-17)14-15-22-20-13-7-11-16-10-6-12-18(16)20/h3-9,11-13,19H,10,14-15H2,1-2H3. The molecule has 0 N–H and O–H groups in total. The van der Waals surface area contributed by atoms with Gasteiger partial charge in [0.05, 0.1) is 6.61 Å². The summed E-state index contributed by atoms with van der Waals surface area (Å²) in [5.41, 5.74) is 3.96. The molecule has 0 radical (unpaired) electrons. The number of benzene rings is 2. The lowest BCUT2D eigenvalue weighted by atomic mass is 10.0. The monoisotopic (exact) mass is 293 g/mol. The molecule has 1 aliphatic rings. The molecule has 0 saturated heterocycles. The molecule has 2 nitrogen and oxygen atoms in total. The van der Waals surface area contributed by atoms with Gasteiger partial charge in [0.1, 0.15) is 5.75 Å². The quantitative estimate of drug-likeness (QED) is 0.786. The highest BCUT2D eigenvalue weighted by Crippen LogP contribution is 2.29. The zero-order valence-corrected chi connectivity index (χ0v) is 13.3. The third-order valence-corrected chi connectivity index (χ3v) is 4.24. The van der Waals surface area contributed by atoms with Crippen molar-refractivity contribution < 1.29 is 4.74 Å². The van der Waals surface area contributed by atoms with Gasteiger partial charge in [-0.25, -0.2) is 0 Å². The fourth-order valence-electron chi connectivity index (χ4n) is 3.06. The van der Waals surface area contributed by atoms with Crippen LogP contribution in [0.4, 0.5) is 0 Å². The third kappa shape index (κ3) is 3.23. The van der Waals surface area contributed by atoms with Gasteiger partial charge in [-0.2, -0.15) is 0 Å². The lowest BCUT2D eigenvalue weighted by Crippen LogP contribution is -2.22. The first-order valence-corrected chi connectivity index (χ1v) is 7.88. The first kappa shape index (κ1) is 14.9. The normalized spacial score (nSPS) is 14.1. The van der Waals surface area contributed by atoms with E-state index in [2.05, 4.69) is 79.7 Å². The van der Waals surface area contributed by atoms with Crippen LogP contribution in [0.2, 0.25) is 0 Å². The molecule has 0 fully saturated rings. The molecule has 0 heterocycles. The van der Waals surface area contributed by atoms with E-state index in [-0.39, 0.29) is 0 Å². The third-order valence-electron chi connectivity index (χ3n) is 4.24. The molecule has 1 unspecified atom stereocenters. The summed E-state index contributed by atoms with van der Waals surface area (Å²) in [5, 5.41) is 0. The van der Waals surface area contributed by atoms with E-state index in [0.29, 0.717) is 6.04 Å². The highest BCUT2D eigenvalue weighted by atomic mass is 16.5. The van der Waals surface area contributed by atoms with Crippen molar-refractivity contribution in [3.05, 3.63) is 71.3 Å². The molecule has 22 heavy (non-hydrogen) atoms. The molecule has 0 amide bonds. The molecule has 3 rings (SSSR count). The van der Waals surface area contributed by atoms with Gasteiger partial charge >= 0.3 is 0 Å². The number of fused-ring (bicyclic) bond motifs is 1. The topological polar surface area (TPSA) is 12.5 Å². The van der Waals surface area contributed by atoms with E-state index in [9.17, 15) is 0 Å². The Kier molecular flexibility index (Phi) is 4.59. The summed E-state index contributed by atoms with van der Waals surface area (Å²) in [6.45, 7) is 0.724. The zero-order valence-electron chi connectivity index (χ0n) is 13.3. The number of hydrogen-bond acceptors (Lipinski definition) is 2. The number of rotatable bonds is 6. The smallest absolute Gasteiger partial charge is 0.126 e. The van der Waals surface area contributed by atoms with E-state index in [1.807, 2.05) is 0 Å². The van der Waals surface area contributed by atoms with Gasteiger partial charge in [0, 0.05) is 18.0 Å². The van der Waals surface area contributed by atoms with Crippen LogP contribution in [0.15, 0.2) is 54.6 Å². The minimum atomic E-state index is 0.383. The van der Waals surface area contributed by atoms with E-state index in [0.717, 1.165) is 25.2 Å². The van der Waals surface area contributed by atoms with Gasteiger partial charge in [-0.3, -0.25) is 0 Å². The summed E-state index contributed by atoms with van der Waals surface area (Å²) in [5.74, 6) is 1.01. The van der Waals surface area contributed by atoms with E-state index in [4.69, 9.17) is 4.74 Å². The van der Waals surface area contributed by atoms with E-state index in [1.165, 1.54) is 16.7 Å². The van der Waals surface area contributed by atoms with Crippen LogP contribution in [0.3, 0.4) is 0 Å². The fourth-order valence-corrected chi connectivity index (χ4v) is 3.06. The molecular formula is C20H23NO. The summed E-state index contributed by atoms with van der Waals surface area (Å²) < 4.78 is 6.07. The number of hydrogen-bond donors (Lipinski definition) is 0. The van der Waals surface area contributed by atoms with Crippen molar-refractivity contribution in [2.75, 3.05) is 20.7 Å². The molecule has 1 atom stereocenters. The molecule has 0 bridgehead atoms. The van der Waals surface area contributed by atoms with Gasteiger partial charge in [0.2, 0.25) is 0 Å². The van der Waals surface area contributed by atoms with Crippen LogP contribution in [-0.4, -0.2) is 25.6 Å². The second-order valence-corrected chi connectivity index (χ2v) is 5.96. The largest absolute Gasteiger partial charge is 0.493 e. The lowest BCUT2D eigenvalue weighted by Gasteiger charge is -2.25. The predicted molar refractivity (Wildman–Crippen MR) is 92.2 cm³/mol. The molecule has 2 heteroatoms. The summed E-state index contributed by atoms with van der Waals surface area (Å²) in [6, 6.07) is 17.4. The molecular weight excluding hydrogens is 270 g/mol. The van der Waals surface area contributed by atoms with Crippen molar-refractivity contribution in [1.29, 1.82) is 0 Å². The van der Waals surface area contributed by atoms with Crippen LogP contribution in [0.25, 0.3) is 6.08 Å². The molecule has 1 aliphatic carbocycles. The average Bonchev–Trinajstić information content (AvgIpc) is 3.01. The van der Waals surface area contributed by atoms with Gasteiger partial charge in [0.25, 0.3) is 0 Å². The van der Waals surface area contributed by atoms with Gasteiger partial charge in [0.15, 0.2) is 0 Å². The Morgan fingerprint density at radius 2 is 1.86 bits per heavy atom. The molecule has 114 valence electrons. The van der Waals surface area contributed by atoms with Crippen LogP contribution in [0, 0.1) is 0 Å². The minimum absolute atomic E-state index is 0.383. The van der Waals surface area contributed by atoms with Gasteiger partial charge < -0.3 is 9.64 Å². The van der Waals surface area contributed by atoms with Gasteiger partial charge in [-0.15, -0.1) is 0 Å². The Labute approximate surface area is 133 Å². The Hall–Kier alpha value is -2.06. The summed E-state index contributed by atoms with van der Waals surface area (Å²) in [4.78, 5) is 2.26. The van der Waals surface area contributed by atoms with Crippen molar-refractivity contribution in [3.8, 4) is 5.75 Å². The van der Waals surface area contributed by atoms with Gasteiger partial charge in [-0.05, 0) is 37.7 Å². The van der Waals surface area contributed by atoms with Crippen LogP contribution < -0.4 is 4.74 Å². The maximum absolute atomic E-state index is 6.07. The van der Waals surface area contributed by atoms with Crippen molar-refractivity contribution >= 4 is 6.08 Å². The summed E-state index contributed by atoms with van der Waals surface area (Å²) in [6.07, 6.45) is 6.37. The maximum atomic E-state index is 6.07. The molecule has 2 aromatic rings. The number of nitrogens with zero attached hydrogens (tertiary/aromatic N) is 1. The number of ether oxygens (including phenoxy) is 1. The maximum Gasteiger partial charge on any atom is 0.126 e. The van der Waals surface area contributed by atoms with Crippen LogP contribution in [0.5, 0.6) is 5.75 Å². The van der Waals surface area contributed by atoms with Crippen LogP contribution in [0.1, 0.15) is 29.2 Å². The van der Waals surface area contributed by atoms with Gasteiger partial charge in [-0.1, -0.05) is 54.6 Å². The predicted octanol–water partition coefficient (Wildman–Crippen LogP) is 4.33. The Morgan fingerprint density at radius 3 is 2.64 bits per heavy atom. The highest BCUT2D eigenvalue weighted by molar-refractivity contribution is 5.66. The molecule has 0 saturated carbocycles. The zero-order chi connectivity index (χ0) is 15.4. The van der Waals surface area contributed by atoms with E-state index < -0.39 is 0 Å². The van der Waals surface area contributed by atoms with Crippen LogP contribution in [-0.2, 0) is 6.42 Å². The number of allylic oxidation sites excluding steroid dienone is 1. The molecule has 0 spiro atoms. The van der Waals surface area contributed by atoms with Crippen molar-refractivity contribution in [2.24, 2.45) is 0 Å². The second kappa shape index (κ2) is 6.80. The SMILES string of the molecule is CN(C)C(CCOc1cccc2c1C=CC2)c1ccccc1. The van der Waals surface area contributed by atoms with Crippen molar-refractivity contribution in [2.45, 2.75) is 18.9 Å². The Morgan fingerprint density at radius 1 is 1.05 bits per heavy atom. The van der Waals surface area contributed by atoms with Crippen molar-refractivity contribution in [1.82, 2.24) is 4.90 Å². The average molecular weight is 293 g/mol. The lowest BCUT2D eigenvalue weighted by molar-refractivity contribution is 0.223. The molecule has 2 aromatic carbocycles. The molecule has 0 aromatic heterocycles. The van der Waals surface area contributed by atoms with E-state index in [1.54, 1.807) is 0 Å². The molecule has 0 aliphatic heterocycles. The summed E-state index contributed by atoms with van der Waals surface area (Å²) in [7, 11) is 4.25. The van der Waals surface area contributed by atoms with E-state index >= 15 is 0 Å².